The number of hydrogen-bond acceptors (Lipinski definition) is 2. The summed E-state index contributed by atoms with van der Waals surface area (Å²) in [4.78, 5) is 0. The van der Waals surface area contributed by atoms with Crippen molar-refractivity contribution in [3.8, 4) is 0 Å². The summed E-state index contributed by atoms with van der Waals surface area (Å²) in [6, 6.07) is 0. The largest absolute Gasteiger partial charge is 0.396 e. The molecule has 0 amide bonds. The Bertz CT molecular complexity index is 128. The molecule has 2 N–H and O–H groups in total. The van der Waals surface area contributed by atoms with Gasteiger partial charge in [0.05, 0.1) is 6.54 Å². The van der Waals surface area contributed by atoms with Crippen LogP contribution in [0.1, 0.15) is 12.8 Å². The molecular weight excluding hydrogens is 152 g/mol. The first-order valence-electron chi connectivity index (χ1n) is 3.83. The maximum atomic E-state index is 12.6. The molecule has 1 saturated heterocycles. The van der Waals surface area contributed by atoms with Crippen LogP contribution in [0.25, 0.3) is 0 Å². The van der Waals surface area contributed by atoms with Gasteiger partial charge < -0.3 is 10.4 Å². The van der Waals surface area contributed by atoms with E-state index < -0.39 is 5.92 Å². The highest BCUT2D eigenvalue weighted by Crippen LogP contribution is 2.27. The average molecular weight is 165 g/mol. The van der Waals surface area contributed by atoms with Gasteiger partial charge in [-0.1, -0.05) is 0 Å². The Morgan fingerprint density at radius 1 is 1.55 bits per heavy atom. The molecule has 1 unspecified atom stereocenters. The minimum atomic E-state index is -2.57. The van der Waals surface area contributed by atoms with Gasteiger partial charge in [0.2, 0.25) is 0 Å². The van der Waals surface area contributed by atoms with E-state index >= 15 is 0 Å². The Morgan fingerprint density at radius 3 is 2.82 bits per heavy atom. The highest BCUT2D eigenvalue weighted by atomic mass is 19.3. The Hall–Kier alpha value is -0.220. The number of halogens is 2. The van der Waals surface area contributed by atoms with Crippen molar-refractivity contribution in [3.05, 3.63) is 0 Å². The molecule has 11 heavy (non-hydrogen) atoms. The van der Waals surface area contributed by atoms with Gasteiger partial charge in [-0.25, -0.2) is 8.78 Å². The lowest BCUT2D eigenvalue weighted by molar-refractivity contribution is -0.0421. The summed E-state index contributed by atoms with van der Waals surface area (Å²) in [6.07, 6.45) is 0.392. The van der Waals surface area contributed by atoms with Crippen molar-refractivity contribution in [2.45, 2.75) is 18.8 Å². The van der Waals surface area contributed by atoms with E-state index in [1.54, 1.807) is 0 Å². The fourth-order valence-corrected chi connectivity index (χ4v) is 1.41. The standard InChI is InChI=1S/C7H13F2NO/c8-7(9)3-6(1-2-11)4-10-5-7/h6,10-11H,1-5H2. The number of alkyl halides is 2. The van der Waals surface area contributed by atoms with E-state index in [9.17, 15) is 8.78 Å². The van der Waals surface area contributed by atoms with Gasteiger partial charge in [0.25, 0.3) is 5.92 Å². The summed E-state index contributed by atoms with van der Waals surface area (Å²) in [5, 5.41) is 11.2. The quantitative estimate of drug-likeness (QED) is 0.628. The zero-order chi connectivity index (χ0) is 8.32. The molecule has 1 rings (SSSR count). The smallest absolute Gasteiger partial charge is 0.260 e. The fraction of sp³-hybridized carbons (Fsp3) is 1.00. The lowest BCUT2D eigenvalue weighted by atomic mass is 9.94. The van der Waals surface area contributed by atoms with Crippen LogP contribution < -0.4 is 5.32 Å². The molecule has 0 radical (unpaired) electrons. The second kappa shape index (κ2) is 3.45. The van der Waals surface area contributed by atoms with E-state index in [0.29, 0.717) is 13.0 Å². The van der Waals surface area contributed by atoms with Crippen LogP contribution in [-0.4, -0.2) is 30.7 Å². The predicted octanol–water partition coefficient (Wildman–Crippen LogP) is 0.614. The monoisotopic (exact) mass is 165 g/mol. The van der Waals surface area contributed by atoms with Gasteiger partial charge in [-0.15, -0.1) is 0 Å². The molecular formula is C7H13F2NO. The molecule has 0 spiro atoms. The van der Waals surface area contributed by atoms with Crippen molar-refractivity contribution in [1.82, 2.24) is 5.32 Å². The Kier molecular flexibility index (Phi) is 2.78. The molecule has 1 atom stereocenters. The zero-order valence-corrected chi connectivity index (χ0v) is 6.32. The molecule has 0 aliphatic carbocycles. The molecule has 0 aromatic carbocycles. The Morgan fingerprint density at radius 2 is 2.27 bits per heavy atom. The van der Waals surface area contributed by atoms with Crippen LogP contribution in [0.5, 0.6) is 0 Å². The van der Waals surface area contributed by atoms with Gasteiger partial charge in [0.1, 0.15) is 0 Å². The fourth-order valence-electron chi connectivity index (χ4n) is 1.41. The molecule has 2 nitrogen and oxygen atoms in total. The molecule has 0 aromatic heterocycles. The van der Waals surface area contributed by atoms with E-state index in [4.69, 9.17) is 5.11 Å². The molecule has 1 aliphatic heterocycles. The van der Waals surface area contributed by atoms with Crippen molar-refractivity contribution >= 4 is 0 Å². The van der Waals surface area contributed by atoms with Gasteiger partial charge in [-0.2, -0.15) is 0 Å². The van der Waals surface area contributed by atoms with Gasteiger partial charge >= 0.3 is 0 Å². The van der Waals surface area contributed by atoms with Crippen LogP contribution in [0.3, 0.4) is 0 Å². The lowest BCUT2D eigenvalue weighted by Gasteiger charge is -2.29. The first kappa shape index (κ1) is 8.87. The lowest BCUT2D eigenvalue weighted by Crippen LogP contribution is -2.44. The van der Waals surface area contributed by atoms with Gasteiger partial charge in [0.15, 0.2) is 0 Å². The normalized spacial score (nSPS) is 30.3. The summed E-state index contributed by atoms with van der Waals surface area (Å²) in [5.41, 5.74) is 0. The van der Waals surface area contributed by atoms with Crippen molar-refractivity contribution in [2.75, 3.05) is 19.7 Å². The van der Waals surface area contributed by atoms with Crippen molar-refractivity contribution in [1.29, 1.82) is 0 Å². The first-order chi connectivity index (χ1) is 5.14. The number of hydrogen-bond donors (Lipinski definition) is 2. The van der Waals surface area contributed by atoms with E-state index in [1.165, 1.54) is 0 Å². The Labute approximate surface area is 64.6 Å². The third-order valence-corrected chi connectivity index (χ3v) is 1.94. The van der Waals surface area contributed by atoms with Crippen LogP contribution in [-0.2, 0) is 0 Å². The van der Waals surface area contributed by atoms with Crippen molar-refractivity contribution in [2.24, 2.45) is 5.92 Å². The molecule has 66 valence electrons. The summed E-state index contributed by atoms with van der Waals surface area (Å²) in [7, 11) is 0. The SMILES string of the molecule is OCCC1CNCC(F)(F)C1. The van der Waals surface area contributed by atoms with Crippen LogP contribution in [0, 0.1) is 5.92 Å². The number of aliphatic hydroxyl groups is 1. The molecule has 1 aliphatic rings. The van der Waals surface area contributed by atoms with Crippen LogP contribution in [0.4, 0.5) is 8.78 Å². The molecule has 0 saturated carbocycles. The number of piperidine rings is 1. The third kappa shape index (κ3) is 2.71. The second-order valence-corrected chi connectivity index (χ2v) is 3.07. The first-order valence-corrected chi connectivity index (χ1v) is 3.83. The predicted molar refractivity (Wildman–Crippen MR) is 37.6 cm³/mol. The van der Waals surface area contributed by atoms with Crippen LogP contribution in [0.2, 0.25) is 0 Å². The minimum absolute atomic E-state index is 0.00241. The van der Waals surface area contributed by atoms with E-state index in [-0.39, 0.29) is 25.5 Å². The number of nitrogens with one attached hydrogen (secondary N) is 1. The Balaban J connectivity index is 2.34. The molecule has 0 aromatic rings. The zero-order valence-electron chi connectivity index (χ0n) is 6.32. The third-order valence-electron chi connectivity index (χ3n) is 1.94. The van der Waals surface area contributed by atoms with Gasteiger partial charge in [0, 0.05) is 13.0 Å². The summed E-state index contributed by atoms with van der Waals surface area (Å²) in [6.45, 7) is 0.396. The molecule has 0 bridgehead atoms. The average Bonchev–Trinajstić information content (AvgIpc) is 1.85. The molecule has 1 fully saturated rings. The number of aliphatic hydroxyl groups excluding tert-OH is 1. The summed E-state index contributed by atoms with van der Waals surface area (Å²) in [5.74, 6) is -2.64. The van der Waals surface area contributed by atoms with E-state index in [0.717, 1.165) is 0 Å². The second-order valence-electron chi connectivity index (χ2n) is 3.07. The highest BCUT2D eigenvalue weighted by molar-refractivity contribution is 4.81. The van der Waals surface area contributed by atoms with Crippen molar-refractivity contribution < 1.29 is 13.9 Å². The van der Waals surface area contributed by atoms with E-state index in [1.807, 2.05) is 0 Å². The van der Waals surface area contributed by atoms with Crippen LogP contribution >= 0.6 is 0 Å². The van der Waals surface area contributed by atoms with E-state index in [2.05, 4.69) is 5.32 Å². The minimum Gasteiger partial charge on any atom is -0.396 e. The van der Waals surface area contributed by atoms with Crippen molar-refractivity contribution in [3.63, 3.8) is 0 Å². The van der Waals surface area contributed by atoms with Gasteiger partial charge in [-0.3, -0.25) is 0 Å². The molecule has 1 heterocycles. The molecule has 4 heteroatoms. The maximum Gasteiger partial charge on any atom is 0.260 e. The van der Waals surface area contributed by atoms with Gasteiger partial charge in [-0.05, 0) is 18.9 Å². The topological polar surface area (TPSA) is 32.3 Å². The maximum absolute atomic E-state index is 12.6. The summed E-state index contributed by atoms with van der Waals surface area (Å²) < 4.78 is 25.3. The highest BCUT2D eigenvalue weighted by Gasteiger charge is 2.35. The number of rotatable bonds is 2. The summed E-state index contributed by atoms with van der Waals surface area (Å²) >= 11 is 0. The van der Waals surface area contributed by atoms with Crippen LogP contribution in [0.15, 0.2) is 0 Å².